The molecule has 0 radical (unpaired) electrons. The van der Waals surface area contributed by atoms with Gasteiger partial charge in [0.15, 0.2) is 0 Å². The van der Waals surface area contributed by atoms with Gasteiger partial charge in [-0.25, -0.2) is 0 Å². The Bertz CT molecular complexity index is 75.5. The zero-order valence-corrected chi connectivity index (χ0v) is 7.50. The fraction of sp³-hybridized carbons (Fsp3) is 1.00. The van der Waals surface area contributed by atoms with Gasteiger partial charge in [-0.15, -0.1) is 11.6 Å². The Kier molecular flexibility index (Phi) is 3.52. The molecule has 0 aromatic carbocycles. The van der Waals surface area contributed by atoms with Crippen molar-refractivity contribution in [2.75, 3.05) is 19.5 Å². The molecule has 0 rings (SSSR count). The Hall–Kier alpha value is 0.250. The summed E-state index contributed by atoms with van der Waals surface area (Å²) in [4.78, 5) is 2.24. The van der Waals surface area contributed by atoms with Gasteiger partial charge in [0.05, 0.1) is 0 Å². The minimum Gasteiger partial charge on any atom is -0.300 e. The van der Waals surface area contributed by atoms with E-state index in [1.807, 2.05) is 0 Å². The van der Waals surface area contributed by atoms with Gasteiger partial charge in [0.25, 0.3) is 0 Å². The van der Waals surface area contributed by atoms with Crippen LogP contribution >= 0.6 is 11.6 Å². The number of hydrogen-bond acceptors (Lipinski definition) is 1. The van der Waals surface area contributed by atoms with Crippen molar-refractivity contribution in [1.82, 2.24) is 4.90 Å². The van der Waals surface area contributed by atoms with Crippen LogP contribution in [0.3, 0.4) is 0 Å². The molecule has 0 saturated carbocycles. The first-order valence-electron chi connectivity index (χ1n) is 3.25. The summed E-state index contributed by atoms with van der Waals surface area (Å²) in [5.41, 5.74) is 0.259. The van der Waals surface area contributed by atoms with Crippen LogP contribution in [0.15, 0.2) is 0 Å². The predicted molar refractivity (Wildman–Crippen MR) is 43.1 cm³/mol. The van der Waals surface area contributed by atoms with Gasteiger partial charge in [0.2, 0.25) is 0 Å². The number of rotatable bonds is 2. The van der Waals surface area contributed by atoms with E-state index in [4.69, 9.17) is 11.6 Å². The minimum atomic E-state index is 0.259. The Morgan fingerprint density at radius 3 is 1.89 bits per heavy atom. The lowest BCUT2D eigenvalue weighted by Crippen LogP contribution is -2.39. The van der Waals surface area contributed by atoms with Crippen molar-refractivity contribution in [1.29, 1.82) is 0 Å². The van der Waals surface area contributed by atoms with Crippen LogP contribution < -0.4 is 0 Å². The molecule has 0 heterocycles. The number of hydrogen-bond donors (Lipinski definition) is 0. The van der Waals surface area contributed by atoms with E-state index < -0.39 is 0 Å². The first-order valence-corrected chi connectivity index (χ1v) is 3.79. The van der Waals surface area contributed by atoms with E-state index in [0.29, 0.717) is 5.88 Å². The van der Waals surface area contributed by atoms with Crippen LogP contribution in [0.5, 0.6) is 0 Å². The maximum absolute atomic E-state index is 5.56. The fourth-order valence-corrected chi connectivity index (χ4v) is 0.716. The van der Waals surface area contributed by atoms with Crippen LogP contribution in [-0.2, 0) is 0 Å². The Morgan fingerprint density at radius 1 is 1.33 bits per heavy atom. The van der Waals surface area contributed by atoms with Crippen molar-refractivity contribution in [3.8, 4) is 0 Å². The van der Waals surface area contributed by atoms with Crippen molar-refractivity contribution >= 4 is 11.6 Å². The molecular formula is C7H16ClN. The highest BCUT2D eigenvalue weighted by Gasteiger charge is 2.14. The molecule has 0 aromatic heterocycles. The Balaban J connectivity index is 3.59. The molecule has 0 aliphatic rings. The summed E-state index contributed by atoms with van der Waals surface area (Å²) in [7, 11) is 2.09. The fourth-order valence-electron chi connectivity index (χ4n) is 0.462. The van der Waals surface area contributed by atoms with Gasteiger partial charge >= 0.3 is 0 Å². The molecule has 0 fully saturated rings. The number of nitrogens with zero attached hydrogens (tertiary/aromatic N) is 1. The van der Waals surface area contributed by atoms with E-state index in [9.17, 15) is 0 Å². The van der Waals surface area contributed by atoms with Gasteiger partial charge in [-0.1, -0.05) is 0 Å². The first kappa shape index (κ1) is 9.25. The maximum atomic E-state index is 5.56. The summed E-state index contributed by atoms with van der Waals surface area (Å²) in [6.45, 7) is 7.50. The Labute approximate surface area is 63.0 Å². The SMILES string of the molecule is CN(CCCl)C(C)(C)C. The lowest BCUT2D eigenvalue weighted by atomic mass is 10.1. The van der Waals surface area contributed by atoms with Crippen molar-refractivity contribution in [2.24, 2.45) is 0 Å². The standard InChI is InChI=1S/C7H16ClN/c1-7(2,3)9(4)6-5-8/h5-6H2,1-4H3. The third-order valence-electron chi connectivity index (χ3n) is 1.57. The molecule has 0 N–H and O–H groups in total. The molecule has 0 atom stereocenters. The molecule has 0 saturated heterocycles. The van der Waals surface area contributed by atoms with Gasteiger partial charge in [0.1, 0.15) is 0 Å². The van der Waals surface area contributed by atoms with Gasteiger partial charge < -0.3 is 4.90 Å². The third kappa shape index (κ3) is 3.77. The summed E-state index contributed by atoms with van der Waals surface area (Å²) < 4.78 is 0. The topological polar surface area (TPSA) is 3.24 Å². The summed E-state index contributed by atoms with van der Waals surface area (Å²) >= 11 is 5.56. The highest BCUT2D eigenvalue weighted by molar-refractivity contribution is 6.18. The minimum absolute atomic E-state index is 0.259. The van der Waals surface area contributed by atoms with E-state index in [0.717, 1.165) is 6.54 Å². The van der Waals surface area contributed by atoms with Gasteiger partial charge in [0, 0.05) is 18.0 Å². The maximum Gasteiger partial charge on any atom is 0.0351 e. The largest absolute Gasteiger partial charge is 0.300 e. The van der Waals surface area contributed by atoms with Crippen LogP contribution in [0.25, 0.3) is 0 Å². The van der Waals surface area contributed by atoms with Crippen LogP contribution in [0.1, 0.15) is 20.8 Å². The summed E-state index contributed by atoms with van der Waals surface area (Å²) in [6, 6.07) is 0. The molecule has 0 aliphatic carbocycles. The van der Waals surface area contributed by atoms with Crippen LogP contribution in [-0.4, -0.2) is 29.9 Å². The average molecular weight is 150 g/mol. The molecule has 0 unspecified atom stereocenters. The molecule has 0 bridgehead atoms. The molecule has 2 heteroatoms. The van der Waals surface area contributed by atoms with Crippen molar-refractivity contribution in [2.45, 2.75) is 26.3 Å². The molecule has 0 aliphatic heterocycles. The highest BCUT2D eigenvalue weighted by atomic mass is 35.5. The third-order valence-corrected chi connectivity index (χ3v) is 1.73. The smallest absolute Gasteiger partial charge is 0.0351 e. The lowest BCUT2D eigenvalue weighted by molar-refractivity contribution is 0.187. The van der Waals surface area contributed by atoms with Crippen LogP contribution in [0.2, 0.25) is 0 Å². The molecule has 56 valence electrons. The highest BCUT2D eigenvalue weighted by Crippen LogP contribution is 2.09. The zero-order valence-electron chi connectivity index (χ0n) is 6.74. The summed E-state index contributed by atoms with van der Waals surface area (Å²) in [5, 5.41) is 0. The van der Waals surface area contributed by atoms with E-state index in [2.05, 4.69) is 32.7 Å². The Morgan fingerprint density at radius 2 is 1.78 bits per heavy atom. The van der Waals surface area contributed by atoms with Crippen LogP contribution in [0.4, 0.5) is 0 Å². The quantitative estimate of drug-likeness (QED) is 0.543. The van der Waals surface area contributed by atoms with E-state index in [1.54, 1.807) is 0 Å². The van der Waals surface area contributed by atoms with Crippen molar-refractivity contribution < 1.29 is 0 Å². The molecular weight excluding hydrogens is 134 g/mol. The molecule has 9 heavy (non-hydrogen) atoms. The molecule has 1 nitrogen and oxygen atoms in total. The average Bonchev–Trinajstić information content (AvgIpc) is 1.64. The van der Waals surface area contributed by atoms with E-state index in [-0.39, 0.29) is 5.54 Å². The van der Waals surface area contributed by atoms with Crippen molar-refractivity contribution in [3.05, 3.63) is 0 Å². The van der Waals surface area contributed by atoms with Gasteiger partial charge in [-0.05, 0) is 27.8 Å². The van der Waals surface area contributed by atoms with E-state index in [1.165, 1.54) is 0 Å². The van der Waals surface area contributed by atoms with Crippen molar-refractivity contribution in [3.63, 3.8) is 0 Å². The first-order chi connectivity index (χ1) is 3.98. The monoisotopic (exact) mass is 149 g/mol. The van der Waals surface area contributed by atoms with Crippen LogP contribution in [0, 0.1) is 0 Å². The second-order valence-corrected chi connectivity index (χ2v) is 3.66. The normalized spacial score (nSPS) is 12.7. The second kappa shape index (κ2) is 3.43. The molecule has 0 aromatic rings. The zero-order chi connectivity index (χ0) is 7.49. The summed E-state index contributed by atoms with van der Waals surface area (Å²) in [6.07, 6.45) is 0. The second-order valence-electron chi connectivity index (χ2n) is 3.28. The molecule has 0 spiro atoms. The van der Waals surface area contributed by atoms with Gasteiger partial charge in [-0.2, -0.15) is 0 Å². The van der Waals surface area contributed by atoms with E-state index >= 15 is 0 Å². The number of alkyl halides is 1. The molecule has 0 amide bonds. The number of halogens is 1. The predicted octanol–water partition coefficient (Wildman–Crippen LogP) is 1.96. The lowest BCUT2D eigenvalue weighted by Gasteiger charge is -2.30. The summed E-state index contributed by atoms with van der Waals surface area (Å²) in [5.74, 6) is 0.716. The van der Waals surface area contributed by atoms with Gasteiger partial charge in [-0.3, -0.25) is 0 Å².